The van der Waals surface area contributed by atoms with E-state index in [4.69, 9.17) is 24.3 Å². The Morgan fingerprint density at radius 3 is 2.59 bits per heavy atom. The smallest absolute Gasteiger partial charge is 0.181 e. The van der Waals surface area contributed by atoms with E-state index in [1.165, 1.54) is 6.07 Å². The zero-order valence-corrected chi connectivity index (χ0v) is 20.2. The number of halogens is 1. The molecule has 2 N–H and O–H groups in total. The van der Waals surface area contributed by atoms with Gasteiger partial charge >= 0.3 is 0 Å². The third kappa shape index (κ3) is 3.70. The summed E-state index contributed by atoms with van der Waals surface area (Å²) in [6.07, 6.45) is 7.37. The fourth-order valence-electron chi connectivity index (χ4n) is 4.90. The minimum Gasteiger partial charge on any atom is -0.494 e. The van der Waals surface area contributed by atoms with Crippen molar-refractivity contribution in [2.75, 3.05) is 19.9 Å². The first-order valence-electron chi connectivity index (χ1n) is 11.2. The summed E-state index contributed by atoms with van der Waals surface area (Å²) < 4.78 is 30.4. The van der Waals surface area contributed by atoms with Gasteiger partial charge in [-0.25, -0.2) is 14.4 Å². The molecule has 2 aliphatic rings. The van der Waals surface area contributed by atoms with Crippen LogP contribution in [0.3, 0.4) is 0 Å². The first kappa shape index (κ1) is 22.6. The number of hydrogen-bond donors (Lipinski definition) is 1. The van der Waals surface area contributed by atoms with Crippen LogP contribution in [0.2, 0.25) is 0 Å². The summed E-state index contributed by atoms with van der Waals surface area (Å²) in [5, 5.41) is 4.09. The lowest BCUT2D eigenvalue weighted by molar-refractivity contribution is 0.410. The number of ether oxygens (including phenoxy) is 1. The topological polar surface area (TPSA) is 112 Å². The molecule has 34 heavy (non-hydrogen) atoms. The summed E-state index contributed by atoms with van der Waals surface area (Å²) in [5.41, 5.74) is 7.38. The van der Waals surface area contributed by atoms with Crippen LogP contribution < -0.4 is 10.5 Å². The predicted octanol–water partition coefficient (Wildman–Crippen LogP) is 4.28. The summed E-state index contributed by atoms with van der Waals surface area (Å²) in [4.78, 5) is 13.4. The number of nitrogens with zero attached hydrogens (tertiary/aromatic N) is 5. The van der Waals surface area contributed by atoms with Crippen LogP contribution in [0.15, 0.2) is 50.5 Å². The van der Waals surface area contributed by atoms with Gasteiger partial charge < -0.3 is 15.0 Å². The van der Waals surface area contributed by atoms with Crippen LogP contribution >= 0.6 is 0 Å². The maximum atomic E-state index is 15.2. The number of benzene rings is 1. The summed E-state index contributed by atoms with van der Waals surface area (Å²) >= 11 is 0. The Morgan fingerprint density at radius 2 is 1.91 bits per heavy atom. The first-order chi connectivity index (χ1) is 16.4. The highest BCUT2D eigenvalue weighted by atomic mass is 32.2. The highest BCUT2D eigenvalue weighted by Crippen LogP contribution is 2.45. The molecule has 3 heterocycles. The largest absolute Gasteiger partial charge is 0.494 e. The van der Waals surface area contributed by atoms with Gasteiger partial charge in [0.2, 0.25) is 0 Å². The van der Waals surface area contributed by atoms with Gasteiger partial charge in [0.05, 0.1) is 29.8 Å². The molecule has 0 radical (unpaired) electrons. The van der Waals surface area contributed by atoms with Gasteiger partial charge in [-0.1, -0.05) is 28.7 Å². The third-order valence-electron chi connectivity index (χ3n) is 6.77. The number of methoxy groups -OCH3 is 1. The molecule has 0 bridgehead atoms. The molecule has 1 saturated carbocycles. The lowest BCUT2D eigenvalue weighted by Gasteiger charge is -2.42. The van der Waals surface area contributed by atoms with Crippen LogP contribution in [-0.4, -0.2) is 45.6 Å². The zero-order valence-electron chi connectivity index (χ0n) is 19.4. The normalized spacial score (nSPS) is 23.9. The van der Waals surface area contributed by atoms with Crippen molar-refractivity contribution in [3.63, 3.8) is 0 Å². The van der Waals surface area contributed by atoms with E-state index >= 15 is 4.39 Å². The SMILES string of the molecule is CN=[S@@]1C[C@@](C)(c2cc(-c3cc(-c4ncc(OC)cn4)no3)ccc2F)N=C(N)C12CCCC2. The lowest BCUT2D eigenvalue weighted by Crippen LogP contribution is -2.54. The number of amidine groups is 1. The van der Waals surface area contributed by atoms with Crippen molar-refractivity contribution in [1.82, 2.24) is 15.1 Å². The van der Waals surface area contributed by atoms with E-state index in [-0.39, 0.29) is 21.3 Å². The van der Waals surface area contributed by atoms with Gasteiger partial charge in [0.15, 0.2) is 23.0 Å². The van der Waals surface area contributed by atoms with Crippen molar-refractivity contribution < 1.29 is 13.7 Å². The molecule has 0 unspecified atom stereocenters. The molecule has 3 aromatic rings. The molecule has 1 aliphatic carbocycles. The van der Waals surface area contributed by atoms with Gasteiger partial charge in [0.1, 0.15) is 11.7 Å². The van der Waals surface area contributed by atoms with Crippen molar-refractivity contribution >= 4 is 16.5 Å². The second kappa shape index (κ2) is 8.57. The minimum absolute atomic E-state index is 0.166. The standard InChI is InChI=1S/C24H27FN6O2S/c1-23(14-34(27-2)24(22(26)30-23)8-4-5-9-24)17-10-15(6-7-18(17)25)20-11-19(31-33-20)21-28-12-16(32-3)13-29-21/h6-7,10-13H,4-5,8-9,14H2,1-3H3,(H2,26,30)/t23-,34+/m0/s1. The van der Waals surface area contributed by atoms with Gasteiger partial charge in [-0.15, -0.1) is 0 Å². The average Bonchev–Trinajstić information content (AvgIpc) is 3.53. The van der Waals surface area contributed by atoms with Gasteiger partial charge in [-0.05, 0) is 38.0 Å². The van der Waals surface area contributed by atoms with E-state index < -0.39 is 5.54 Å². The molecule has 5 rings (SSSR count). The van der Waals surface area contributed by atoms with E-state index in [2.05, 4.69) is 15.1 Å². The van der Waals surface area contributed by atoms with Crippen LogP contribution in [0.5, 0.6) is 5.75 Å². The second-order valence-corrected chi connectivity index (χ2v) is 11.0. The molecular formula is C24H27FN6O2S. The highest BCUT2D eigenvalue weighted by molar-refractivity contribution is 7.89. The molecule has 178 valence electrons. The van der Waals surface area contributed by atoms with E-state index in [1.54, 1.807) is 37.7 Å². The summed E-state index contributed by atoms with van der Waals surface area (Å²) in [7, 11) is 3.06. The summed E-state index contributed by atoms with van der Waals surface area (Å²) in [6.45, 7) is 1.94. The molecule has 2 aromatic heterocycles. The van der Waals surface area contributed by atoms with Crippen molar-refractivity contribution in [3.05, 3.63) is 48.0 Å². The Bertz CT molecular complexity index is 1280. The first-order valence-corrected chi connectivity index (χ1v) is 12.5. The predicted molar refractivity (Wildman–Crippen MR) is 130 cm³/mol. The molecule has 10 heteroatoms. The van der Waals surface area contributed by atoms with Crippen LogP contribution in [0.4, 0.5) is 4.39 Å². The van der Waals surface area contributed by atoms with Crippen LogP contribution in [0.25, 0.3) is 22.8 Å². The van der Waals surface area contributed by atoms with Gasteiger partial charge in [0.25, 0.3) is 0 Å². The van der Waals surface area contributed by atoms with Crippen LogP contribution in [-0.2, 0) is 16.2 Å². The Labute approximate surface area is 199 Å². The summed E-state index contributed by atoms with van der Waals surface area (Å²) in [6, 6.07) is 6.61. The Morgan fingerprint density at radius 1 is 1.18 bits per heavy atom. The maximum absolute atomic E-state index is 15.2. The van der Waals surface area contributed by atoms with E-state index in [0.717, 1.165) is 25.7 Å². The second-order valence-electron chi connectivity index (χ2n) is 8.88. The molecule has 8 nitrogen and oxygen atoms in total. The fourth-order valence-corrected chi connectivity index (χ4v) is 7.46. The van der Waals surface area contributed by atoms with Crippen molar-refractivity contribution in [1.29, 1.82) is 0 Å². The van der Waals surface area contributed by atoms with Crippen LogP contribution in [0.1, 0.15) is 38.2 Å². The Balaban J connectivity index is 1.51. The molecule has 0 amide bonds. The van der Waals surface area contributed by atoms with E-state index in [9.17, 15) is 0 Å². The number of nitrogens with two attached hydrogens (primary N) is 1. The minimum atomic E-state index is -0.817. The molecule has 1 aromatic carbocycles. The third-order valence-corrected chi connectivity index (χ3v) is 9.56. The van der Waals surface area contributed by atoms with Gasteiger partial charge in [0, 0.05) is 30.0 Å². The molecule has 1 fully saturated rings. The Hall–Kier alpha value is -3.14. The maximum Gasteiger partial charge on any atom is 0.181 e. The van der Waals surface area contributed by atoms with Crippen LogP contribution in [0, 0.1) is 5.82 Å². The Kier molecular flexibility index (Phi) is 5.71. The molecule has 2 atom stereocenters. The van der Waals surface area contributed by atoms with Crippen molar-refractivity contribution in [2.24, 2.45) is 15.1 Å². The quantitative estimate of drug-likeness (QED) is 0.594. The van der Waals surface area contributed by atoms with E-state index in [0.29, 0.717) is 45.7 Å². The monoisotopic (exact) mass is 482 g/mol. The fraction of sp³-hybridized carbons (Fsp3) is 0.417. The molecule has 1 aliphatic heterocycles. The zero-order chi connectivity index (χ0) is 23.9. The van der Waals surface area contributed by atoms with Crippen molar-refractivity contribution in [3.8, 4) is 28.6 Å². The molecule has 1 spiro atoms. The van der Waals surface area contributed by atoms with Crippen molar-refractivity contribution in [2.45, 2.75) is 42.9 Å². The van der Waals surface area contributed by atoms with Gasteiger partial charge in [-0.2, -0.15) is 0 Å². The number of aliphatic imine (C=N–C) groups is 1. The average molecular weight is 483 g/mol. The number of rotatable bonds is 4. The summed E-state index contributed by atoms with van der Waals surface area (Å²) in [5.74, 6) is 2.35. The molecular weight excluding hydrogens is 455 g/mol. The number of hydrogen-bond acceptors (Lipinski definition) is 8. The molecule has 0 saturated heterocycles. The highest BCUT2D eigenvalue weighted by Gasteiger charge is 2.49. The lowest BCUT2D eigenvalue weighted by atomic mass is 9.91. The number of aromatic nitrogens is 3. The van der Waals surface area contributed by atoms with E-state index in [1.807, 2.05) is 14.0 Å². The van der Waals surface area contributed by atoms with Gasteiger partial charge in [-0.3, -0.25) is 9.36 Å².